The highest BCUT2D eigenvalue weighted by Gasteiger charge is 2.18. The normalized spacial score (nSPS) is 18.6. The van der Waals surface area contributed by atoms with Crippen LogP contribution < -0.4 is 11.1 Å². The number of hydrogen-bond donors (Lipinski definition) is 2. The van der Waals surface area contributed by atoms with Crippen molar-refractivity contribution in [3.05, 3.63) is 29.8 Å². The molecule has 1 saturated carbocycles. The van der Waals surface area contributed by atoms with Crippen LogP contribution in [-0.2, 0) is 0 Å². The standard InChI is InChI=1S/C16H26N2/c1-13-7-5-6-10-16(13)18-15(12-17)11-14-8-3-2-4-9-14/h5-7,10,14-15,18H,2-4,8-9,11-12,17H2,1H3. The maximum absolute atomic E-state index is 5.93. The zero-order chi connectivity index (χ0) is 12.8. The van der Waals surface area contributed by atoms with Crippen LogP contribution in [0.15, 0.2) is 24.3 Å². The third kappa shape index (κ3) is 3.74. The molecule has 0 saturated heterocycles. The monoisotopic (exact) mass is 246 g/mol. The SMILES string of the molecule is Cc1ccccc1NC(CN)CC1CCCCC1. The summed E-state index contributed by atoms with van der Waals surface area (Å²) in [5.41, 5.74) is 8.47. The number of nitrogens with two attached hydrogens (primary N) is 1. The molecule has 0 radical (unpaired) electrons. The Balaban J connectivity index is 1.90. The highest BCUT2D eigenvalue weighted by molar-refractivity contribution is 5.50. The predicted molar refractivity (Wildman–Crippen MR) is 78.8 cm³/mol. The van der Waals surface area contributed by atoms with Crippen molar-refractivity contribution in [2.45, 2.75) is 51.5 Å². The lowest BCUT2D eigenvalue weighted by Gasteiger charge is -2.27. The number of aryl methyl sites for hydroxylation is 1. The van der Waals surface area contributed by atoms with Crippen LogP contribution in [0.1, 0.15) is 44.1 Å². The van der Waals surface area contributed by atoms with Crippen LogP contribution in [0, 0.1) is 12.8 Å². The first-order valence-corrected chi connectivity index (χ1v) is 7.32. The van der Waals surface area contributed by atoms with Gasteiger partial charge in [-0.1, -0.05) is 50.3 Å². The van der Waals surface area contributed by atoms with Crippen LogP contribution in [0.3, 0.4) is 0 Å². The van der Waals surface area contributed by atoms with E-state index in [-0.39, 0.29) is 0 Å². The molecule has 1 aliphatic rings. The molecule has 0 bridgehead atoms. The summed E-state index contributed by atoms with van der Waals surface area (Å²) in [5.74, 6) is 0.879. The molecule has 0 aliphatic heterocycles. The second kappa shape index (κ2) is 6.79. The van der Waals surface area contributed by atoms with Gasteiger partial charge in [0.2, 0.25) is 0 Å². The van der Waals surface area contributed by atoms with Gasteiger partial charge in [0.05, 0.1) is 0 Å². The number of hydrogen-bond acceptors (Lipinski definition) is 2. The van der Waals surface area contributed by atoms with Gasteiger partial charge in [0.25, 0.3) is 0 Å². The molecule has 1 aromatic rings. The molecular formula is C16H26N2. The zero-order valence-electron chi connectivity index (χ0n) is 11.5. The molecule has 100 valence electrons. The predicted octanol–water partition coefficient (Wildman–Crippen LogP) is 3.70. The van der Waals surface area contributed by atoms with E-state index in [2.05, 4.69) is 36.5 Å². The molecule has 0 spiro atoms. The first-order valence-electron chi connectivity index (χ1n) is 7.32. The van der Waals surface area contributed by atoms with Crippen molar-refractivity contribution in [1.29, 1.82) is 0 Å². The lowest BCUT2D eigenvalue weighted by atomic mass is 9.84. The van der Waals surface area contributed by atoms with Crippen molar-refractivity contribution in [3.63, 3.8) is 0 Å². The molecule has 2 rings (SSSR count). The highest BCUT2D eigenvalue weighted by atomic mass is 14.9. The van der Waals surface area contributed by atoms with Crippen molar-refractivity contribution >= 4 is 5.69 Å². The second-order valence-electron chi connectivity index (χ2n) is 5.63. The van der Waals surface area contributed by atoms with E-state index in [1.165, 1.54) is 49.8 Å². The van der Waals surface area contributed by atoms with E-state index in [0.717, 1.165) is 12.5 Å². The number of para-hydroxylation sites is 1. The van der Waals surface area contributed by atoms with Crippen molar-refractivity contribution < 1.29 is 0 Å². The summed E-state index contributed by atoms with van der Waals surface area (Å²) in [6.07, 6.45) is 8.26. The quantitative estimate of drug-likeness (QED) is 0.831. The maximum atomic E-state index is 5.93. The van der Waals surface area contributed by atoms with Gasteiger partial charge in [-0.15, -0.1) is 0 Å². The van der Waals surface area contributed by atoms with Crippen molar-refractivity contribution in [1.82, 2.24) is 0 Å². The molecule has 1 fully saturated rings. The molecular weight excluding hydrogens is 220 g/mol. The van der Waals surface area contributed by atoms with Gasteiger partial charge >= 0.3 is 0 Å². The van der Waals surface area contributed by atoms with E-state index in [9.17, 15) is 0 Å². The summed E-state index contributed by atoms with van der Waals surface area (Å²) in [7, 11) is 0. The van der Waals surface area contributed by atoms with Crippen molar-refractivity contribution in [2.24, 2.45) is 11.7 Å². The lowest BCUT2D eigenvalue weighted by molar-refractivity contribution is 0.324. The Kier molecular flexibility index (Phi) is 5.06. The smallest absolute Gasteiger partial charge is 0.0386 e. The second-order valence-corrected chi connectivity index (χ2v) is 5.63. The largest absolute Gasteiger partial charge is 0.381 e. The van der Waals surface area contributed by atoms with Gasteiger partial charge in [0, 0.05) is 18.3 Å². The first-order chi connectivity index (χ1) is 8.79. The molecule has 1 atom stereocenters. The topological polar surface area (TPSA) is 38.0 Å². The lowest BCUT2D eigenvalue weighted by Crippen LogP contribution is -2.32. The van der Waals surface area contributed by atoms with Gasteiger partial charge in [-0.25, -0.2) is 0 Å². The van der Waals surface area contributed by atoms with E-state index < -0.39 is 0 Å². The average Bonchev–Trinajstić information content (AvgIpc) is 2.41. The molecule has 18 heavy (non-hydrogen) atoms. The van der Waals surface area contributed by atoms with Gasteiger partial charge < -0.3 is 11.1 Å². The summed E-state index contributed by atoms with van der Waals surface area (Å²) < 4.78 is 0. The molecule has 0 amide bonds. The summed E-state index contributed by atoms with van der Waals surface area (Å²) in [6, 6.07) is 8.90. The Morgan fingerprint density at radius 3 is 2.61 bits per heavy atom. The number of benzene rings is 1. The van der Waals surface area contributed by atoms with Crippen LogP contribution in [0.25, 0.3) is 0 Å². The molecule has 1 aliphatic carbocycles. The van der Waals surface area contributed by atoms with E-state index in [0.29, 0.717) is 6.04 Å². The number of nitrogens with one attached hydrogen (secondary N) is 1. The molecule has 2 heteroatoms. The molecule has 3 N–H and O–H groups in total. The van der Waals surface area contributed by atoms with Crippen LogP contribution >= 0.6 is 0 Å². The fourth-order valence-corrected chi connectivity index (χ4v) is 2.99. The number of anilines is 1. The molecule has 2 nitrogen and oxygen atoms in total. The third-order valence-corrected chi connectivity index (χ3v) is 4.13. The Hall–Kier alpha value is -1.02. The Morgan fingerprint density at radius 2 is 1.94 bits per heavy atom. The molecule has 1 aromatic carbocycles. The molecule has 1 unspecified atom stereocenters. The maximum Gasteiger partial charge on any atom is 0.0386 e. The summed E-state index contributed by atoms with van der Waals surface area (Å²) in [6.45, 7) is 2.88. The van der Waals surface area contributed by atoms with Gasteiger partial charge in [0.1, 0.15) is 0 Å². The van der Waals surface area contributed by atoms with Gasteiger partial charge in [-0.3, -0.25) is 0 Å². The van der Waals surface area contributed by atoms with Crippen LogP contribution in [0.4, 0.5) is 5.69 Å². The van der Waals surface area contributed by atoms with Crippen molar-refractivity contribution in [3.8, 4) is 0 Å². The first kappa shape index (κ1) is 13.4. The van der Waals surface area contributed by atoms with E-state index in [1.54, 1.807) is 0 Å². The van der Waals surface area contributed by atoms with Gasteiger partial charge in [0.15, 0.2) is 0 Å². The van der Waals surface area contributed by atoms with Gasteiger partial charge in [-0.05, 0) is 30.9 Å². The third-order valence-electron chi connectivity index (χ3n) is 4.13. The summed E-state index contributed by atoms with van der Waals surface area (Å²) in [4.78, 5) is 0. The minimum atomic E-state index is 0.425. The van der Waals surface area contributed by atoms with Crippen molar-refractivity contribution in [2.75, 3.05) is 11.9 Å². The van der Waals surface area contributed by atoms with E-state index >= 15 is 0 Å². The fourth-order valence-electron chi connectivity index (χ4n) is 2.99. The van der Waals surface area contributed by atoms with Gasteiger partial charge in [-0.2, -0.15) is 0 Å². The minimum Gasteiger partial charge on any atom is -0.381 e. The Morgan fingerprint density at radius 1 is 1.22 bits per heavy atom. The summed E-state index contributed by atoms with van der Waals surface area (Å²) in [5, 5.41) is 3.62. The molecule has 0 aromatic heterocycles. The van der Waals surface area contributed by atoms with E-state index in [1.807, 2.05) is 0 Å². The highest BCUT2D eigenvalue weighted by Crippen LogP contribution is 2.28. The zero-order valence-corrected chi connectivity index (χ0v) is 11.5. The number of rotatable bonds is 5. The molecule has 0 heterocycles. The minimum absolute atomic E-state index is 0.425. The van der Waals surface area contributed by atoms with Crippen LogP contribution in [-0.4, -0.2) is 12.6 Å². The average molecular weight is 246 g/mol. The summed E-state index contributed by atoms with van der Waals surface area (Å²) >= 11 is 0. The Bertz CT molecular complexity index is 356. The van der Waals surface area contributed by atoms with E-state index in [4.69, 9.17) is 5.73 Å². The Labute approximate surface area is 111 Å². The van der Waals surface area contributed by atoms with Crippen LogP contribution in [0.5, 0.6) is 0 Å². The van der Waals surface area contributed by atoms with Crippen LogP contribution in [0.2, 0.25) is 0 Å². The fraction of sp³-hybridized carbons (Fsp3) is 0.625.